The van der Waals surface area contributed by atoms with Crippen LogP contribution in [0.2, 0.25) is 5.02 Å². The SMILES string of the molecule is N[C@H](c1cc(C(F)(F)F)cc(Cl)c1F)[C@@H](O)C1CCC1. The molecule has 7 heteroatoms. The molecule has 20 heavy (non-hydrogen) atoms. The molecule has 112 valence electrons. The Labute approximate surface area is 118 Å². The summed E-state index contributed by atoms with van der Waals surface area (Å²) in [4.78, 5) is 0. The number of hydrogen-bond donors (Lipinski definition) is 2. The van der Waals surface area contributed by atoms with Gasteiger partial charge >= 0.3 is 6.18 Å². The molecule has 1 aromatic rings. The highest BCUT2D eigenvalue weighted by Crippen LogP contribution is 2.38. The summed E-state index contributed by atoms with van der Waals surface area (Å²) in [6.45, 7) is 0. The van der Waals surface area contributed by atoms with Crippen molar-refractivity contribution in [2.45, 2.75) is 37.6 Å². The highest BCUT2D eigenvalue weighted by atomic mass is 35.5. The van der Waals surface area contributed by atoms with Gasteiger partial charge in [-0.15, -0.1) is 0 Å². The largest absolute Gasteiger partial charge is 0.416 e. The molecular weight excluding hydrogens is 298 g/mol. The lowest BCUT2D eigenvalue weighted by atomic mass is 9.77. The van der Waals surface area contributed by atoms with Crippen LogP contribution in [0, 0.1) is 11.7 Å². The normalized spacial score (nSPS) is 19.6. The molecule has 1 aliphatic carbocycles. The Bertz CT molecular complexity index is 502. The molecule has 1 aliphatic rings. The molecule has 2 nitrogen and oxygen atoms in total. The van der Waals surface area contributed by atoms with E-state index >= 15 is 0 Å². The molecule has 1 fully saturated rings. The third-order valence-electron chi connectivity index (χ3n) is 3.74. The third kappa shape index (κ3) is 2.92. The van der Waals surface area contributed by atoms with Crippen molar-refractivity contribution in [2.24, 2.45) is 11.7 Å². The van der Waals surface area contributed by atoms with Crippen molar-refractivity contribution < 1.29 is 22.7 Å². The van der Waals surface area contributed by atoms with Crippen molar-refractivity contribution in [3.63, 3.8) is 0 Å². The fourth-order valence-electron chi connectivity index (χ4n) is 2.28. The van der Waals surface area contributed by atoms with Gasteiger partial charge in [-0.2, -0.15) is 13.2 Å². The van der Waals surface area contributed by atoms with Gasteiger partial charge in [0.1, 0.15) is 5.82 Å². The quantitative estimate of drug-likeness (QED) is 0.837. The topological polar surface area (TPSA) is 46.2 Å². The molecule has 0 unspecified atom stereocenters. The van der Waals surface area contributed by atoms with Crippen LogP contribution in [0.1, 0.15) is 36.4 Å². The van der Waals surface area contributed by atoms with E-state index in [1.807, 2.05) is 0 Å². The van der Waals surface area contributed by atoms with Crippen LogP contribution in [0.25, 0.3) is 0 Å². The van der Waals surface area contributed by atoms with Crippen molar-refractivity contribution in [3.05, 3.63) is 34.1 Å². The van der Waals surface area contributed by atoms with Crippen LogP contribution < -0.4 is 5.73 Å². The number of halogens is 5. The zero-order chi connectivity index (χ0) is 15.1. The van der Waals surface area contributed by atoms with Crippen LogP contribution in [-0.4, -0.2) is 11.2 Å². The average Bonchev–Trinajstić information content (AvgIpc) is 2.27. The van der Waals surface area contributed by atoms with Crippen molar-refractivity contribution in [1.82, 2.24) is 0 Å². The Morgan fingerprint density at radius 3 is 2.35 bits per heavy atom. The molecule has 0 aliphatic heterocycles. The lowest BCUT2D eigenvalue weighted by molar-refractivity contribution is -0.137. The van der Waals surface area contributed by atoms with Gasteiger partial charge in [-0.25, -0.2) is 4.39 Å². The van der Waals surface area contributed by atoms with Crippen LogP contribution in [0.4, 0.5) is 17.6 Å². The lowest BCUT2D eigenvalue weighted by Gasteiger charge is -2.34. The highest BCUT2D eigenvalue weighted by molar-refractivity contribution is 6.30. The van der Waals surface area contributed by atoms with E-state index in [-0.39, 0.29) is 5.92 Å². The summed E-state index contributed by atoms with van der Waals surface area (Å²) in [5.74, 6) is -1.11. The maximum absolute atomic E-state index is 13.9. The van der Waals surface area contributed by atoms with E-state index in [2.05, 4.69) is 0 Å². The van der Waals surface area contributed by atoms with Gasteiger partial charge in [-0.1, -0.05) is 18.0 Å². The smallest absolute Gasteiger partial charge is 0.391 e. The highest BCUT2D eigenvalue weighted by Gasteiger charge is 2.36. The monoisotopic (exact) mass is 311 g/mol. The van der Waals surface area contributed by atoms with Crippen LogP contribution in [0.3, 0.4) is 0 Å². The number of hydrogen-bond acceptors (Lipinski definition) is 2. The molecule has 0 bridgehead atoms. The Morgan fingerprint density at radius 2 is 1.90 bits per heavy atom. The fourth-order valence-corrected chi connectivity index (χ4v) is 2.50. The van der Waals surface area contributed by atoms with Gasteiger partial charge in [0.15, 0.2) is 0 Å². The van der Waals surface area contributed by atoms with Gasteiger partial charge in [-0.05, 0) is 30.9 Å². The molecule has 0 radical (unpaired) electrons. The first-order valence-electron chi connectivity index (χ1n) is 6.21. The minimum atomic E-state index is -4.65. The van der Waals surface area contributed by atoms with Gasteiger partial charge in [-0.3, -0.25) is 0 Å². The van der Waals surface area contributed by atoms with Crippen molar-refractivity contribution in [2.75, 3.05) is 0 Å². The summed E-state index contributed by atoms with van der Waals surface area (Å²) in [6, 6.07) is -0.0866. The summed E-state index contributed by atoms with van der Waals surface area (Å²) < 4.78 is 52.0. The molecule has 0 heterocycles. The van der Waals surface area contributed by atoms with Crippen LogP contribution in [0.5, 0.6) is 0 Å². The van der Waals surface area contributed by atoms with Gasteiger partial charge in [0.05, 0.1) is 22.7 Å². The summed E-state index contributed by atoms with van der Waals surface area (Å²) in [5.41, 5.74) is 4.24. The van der Waals surface area contributed by atoms with E-state index in [4.69, 9.17) is 17.3 Å². The minimum Gasteiger partial charge on any atom is -0.391 e. The maximum Gasteiger partial charge on any atom is 0.416 e. The summed E-state index contributed by atoms with van der Waals surface area (Å²) >= 11 is 5.49. The van der Waals surface area contributed by atoms with E-state index < -0.39 is 40.3 Å². The second-order valence-corrected chi connectivity index (χ2v) is 5.47. The molecule has 0 saturated heterocycles. The molecule has 1 aromatic carbocycles. The molecule has 2 atom stereocenters. The van der Waals surface area contributed by atoms with E-state index in [1.165, 1.54) is 0 Å². The third-order valence-corrected chi connectivity index (χ3v) is 4.02. The second kappa shape index (κ2) is 5.50. The fraction of sp³-hybridized carbons (Fsp3) is 0.538. The number of aliphatic hydroxyl groups excluding tert-OH is 1. The first kappa shape index (κ1) is 15.5. The number of nitrogens with two attached hydrogens (primary N) is 1. The maximum atomic E-state index is 13.9. The number of benzene rings is 1. The van der Waals surface area contributed by atoms with Gasteiger partial charge < -0.3 is 10.8 Å². The standard InChI is InChI=1S/C13H14ClF4NO/c14-9-5-7(13(16,17)18)4-8(10(9)15)11(19)12(20)6-2-1-3-6/h4-6,11-12,20H,1-3,19H2/t11-,12+/m1/s1. The first-order chi connectivity index (χ1) is 9.21. The average molecular weight is 312 g/mol. The van der Waals surface area contributed by atoms with Gasteiger partial charge in [0.2, 0.25) is 0 Å². The molecule has 1 saturated carbocycles. The van der Waals surface area contributed by atoms with Crippen molar-refractivity contribution in [1.29, 1.82) is 0 Å². The van der Waals surface area contributed by atoms with Gasteiger partial charge in [0.25, 0.3) is 0 Å². The Balaban J connectivity index is 2.36. The van der Waals surface area contributed by atoms with Crippen LogP contribution >= 0.6 is 11.6 Å². The molecular formula is C13H14ClF4NO. The molecule has 2 rings (SSSR count). The zero-order valence-electron chi connectivity index (χ0n) is 10.4. The number of alkyl halides is 3. The molecule has 0 spiro atoms. The van der Waals surface area contributed by atoms with Crippen LogP contribution in [0.15, 0.2) is 12.1 Å². The number of aliphatic hydroxyl groups is 1. The summed E-state index contributed by atoms with van der Waals surface area (Å²) in [7, 11) is 0. The van der Waals surface area contributed by atoms with Gasteiger partial charge in [0, 0.05) is 5.56 Å². The lowest BCUT2D eigenvalue weighted by Crippen LogP contribution is -2.37. The number of rotatable bonds is 3. The first-order valence-corrected chi connectivity index (χ1v) is 6.59. The Morgan fingerprint density at radius 1 is 1.30 bits per heavy atom. The predicted molar refractivity (Wildman–Crippen MR) is 66.7 cm³/mol. The van der Waals surface area contributed by atoms with Crippen molar-refractivity contribution >= 4 is 11.6 Å². The van der Waals surface area contributed by atoms with E-state index in [1.54, 1.807) is 0 Å². The molecule has 0 amide bonds. The Hall–Kier alpha value is -0.850. The minimum absolute atomic E-state index is 0.0993. The zero-order valence-corrected chi connectivity index (χ0v) is 11.2. The Kier molecular flexibility index (Phi) is 4.27. The summed E-state index contributed by atoms with van der Waals surface area (Å²) in [5, 5.41) is 9.34. The van der Waals surface area contributed by atoms with E-state index in [9.17, 15) is 22.7 Å². The molecule has 0 aromatic heterocycles. The second-order valence-electron chi connectivity index (χ2n) is 5.07. The van der Waals surface area contributed by atoms with E-state index in [0.717, 1.165) is 19.3 Å². The van der Waals surface area contributed by atoms with E-state index in [0.29, 0.717) is 12.1 Å². The summed E-state index contributed by atoms with van der Waals surface area (Å²) in [6.07, 6.45) is -3.31. The van der Waals surface area contributed by atoms with Crippen LogP contribution in [-0.2, 0) is 6.18 Å². The predicted octanol–water partition coefficient (Wildman–Crippen LogP) is 3.66. The van der Waals surface area contributed by atoms with Crippen molar-refractivity contribution in [3.8, 4) is 0 Å². The molecule has 3 N–H and O–H groups in total.